The molecule has 1 N–H and O–H groups in total. The monoisotopic (exact) mass is 372 g/mol. The number of carbonyl (C=O) groups is 1. The van der Waals surface area contributed by atoms with Gasteiger partial charge in [-0.05, 0) is 23.9 Å². The summed E-state index contributed by atoms with van der Waals surface area (Å²) < 4.78 is 36.0. The van der Waals surface area contributed by atoms with Gasteiger partial charge in [0.2, 0.25) is 0 Å². The zero-order valence-electron chi connectivity index (χ0n) is 12.1. The fraction of sp³-hybridized carbons (Fsp3) is 0.200. The van der Waals surface area contributed by atoms with Crippen LogP contribution in [0.4, 0.5) is 14.5 Å². The number of hydrogen-bond donors (Lipinski definition) is 1. The number of ether oxygens (including phenoxy) is 2. The summed E-state index contributed by atoms with van der Waals surface area (Å²) in [7, 11) is 0. The molecule has 2 aromatic rings. The van der Waals surface area contributed by atoms with Gasteiger partial charge in [-0.3, -0.25) is 4.79 Å². The molecular weight excluding hydrogens is 362 g/mol. The van der Waals surface area contributed by atoms with Crippen molar-refractivity contribution in [3.63, 3.8) is 0 Å². The van der Waals surface area contributed by atoms with Crippen molar-refractivity contribution in [2.24, 2.45) is 0 Å². The third kappa shape index (κ3) is 3.70. The zero-order valence-corrected chi connectivity index (χ0v) is 13.7. The van der Waals surface area contributed by atoms with Crippen LogP contribution in [0.3, 0.4) is 0 Å². The lowest BCUT2D eigenvalue weighted by Crippen LogP contribution is -2.17. The van der Waals surface area contributed by atoms with Crippen LogP contribution in [0.1, 0.15) is 10.4 Å². The van der Waals surface area contributed by atoms with Crippen molar-refractivity contribution in [3.8, 4) is 11.5 Å². The smallest absolute Gasteiger partial charge is 0.290 e. The van der Waals surface area contributed by atoms with Crippen LogP contribution in [-0.2, 0) is 0 Å². The SMILES string of the molecule is O=C(Nc1cc2c(cc1Cl)OCCO2)c1cccnc1SC(F)F. The largest absolute Gasteiger partial charge is 0.486 e. The van der Waals surface area contributed by atoms with Crippen molar-refractivity contribution >= 4 is 35.0 Å². The van der Waals surface area contributed by atoms with Crippen molar-refractivity contribution < 1.29 is 23.0 Å². The van der Waals surface area contributed by atoms with Gasteiger partial charge in [0, 0.05) is 18.3 Å². The topological polar surface area (TPSA) is 60.5 Å². The summed E-state index contributed by atoms with van der Waals surface area (Å²) in [6.07, 6.45) is 1.35. The second-order valence-corrected chi connectivity index (χ2v) is 6.05. The maximum atomic E-state index is 12.6. The van der Waals surface area contributed by atoms with E-state index in [9.17, 15) is 13.6 Å². The molecule has 0 saturated carbocycles. The number of rotatable bonds is 4. The Bertz CT molecular complexity index is 776. The molecule has 9 heteroatoms. The van der Waals surface area contributed by atoms with Crippen molar-refractivity contribution in [2.45, 2.75) is 10.8 Å². The highest BCUT2D eigenvalue weighted by Crippen LogP contribution is 2.38. The number of thioether (sulfide) groups is 1. The van der Waals surface area contributed by atoms with Gasteiger partial charge < -0.3 is 14.8 Å². The van der Waals surface area contributed by atoms with Crippen LogP contribution in [0, 0.1) is 0 Å². The molecule has 24 heavy (non-hydrogen) atoms. The van der Waals surface area contributed by atoms with Gasteiger partial charge in [0.15, 0.2) is 11.5 Å². The highest BCUT2D eigenvalue weighted by atomic mass is 35.5. The summed E-state index contributed by atoms with van der Waals surface area (Å²) in [6, 6.07) is 5.98. The number of hydrogen-bond acceptors (Lipinski definition) is 5. The molecule has 1 aliphatic rings. The van der Waals surface area contributed by atoms with E-state index in [0.717, 1.165) is 0 Å². The maximum absolute atomic E-state index is 12.6. The molecule has 0 spiro atoms. The van der Waals surface area contributed by atoms with Crippen LogP contribution in [0.25, 0.3) is 0 Å². The lowest BCUT2D eigenvalue weighted by atomic mass is 10.2. The maximum Gasteiger partial charge on any atom is 0.290 e. The fourth-order valence-corrected chi connectivity index (χ4v) is 2.87. The van der Waals surface area contributed by atoms with E-state index in [1.54, 1.807) is 0 Å². The summed E-state index contributed by atoms with van der Waals surface area (Å²) in [4.78, 5) is 16.2. The summed E-state index contributed by atoms with van der Waals surface area (Å²) in [5.74, 6) is -2.33. The fourth-order valence-electron chi connectivity index (χ4n) is 2.09. The highest BCUT2D eigenvalue weighted by molar-refractivity contribution is 7.99. The molecule has 0 bridgehead atoms. The summed E-state index contributed by atoms with van der Waals surface area (Å²) in [5.41, 5.74) is 0.330. The number of nitrogens with one attached hydrogen (secondary N) is 1. The number of carbonyl (C=O) groups excluding carboxylic acids is 1. The van der Waals surface area contributed by atoms with Gasteiger partial charge in [0.1, 0.15) is 18.2 Å². The van der Waals surface area contributed by atoms with E-state index in [0.29, 0.717) is 30.4 Å². The van der Waals surface area contributed by atoms with E-state index in [-0.39, 0.29) is 27.4 Å². The van der Waals surface area contributed by atoms with E-state index in [1.807, 2.05) is 0 Å². The molecule has 0 unspecified atom stereocenters. The molecule has 1 amide bonds. The van der Waals surface area contributed by atoms with Crippen molar-refractivity contribution in [3.05, 3.63) is 41.0 Å². The lowest BCUT2D eigenvalue weighted by molar-refractivity contribution is 0.102. The number of fused-ring (bicyclic) bond motifs is 1. The first-order valence-electron chi connectivity index (χ1n) is 6.85. The number of nitrogens with zero attached hydrogens (tertiary/aromatic N) is 1. The Hall–Kier alpha value is -2.06. The molecule has 3 rings (SSSR count). The number of aromatic nitrogens is 1. The highest BCUT2D eigenvalue weighted by Gasteiger charge is 2.20. The average molecular weight is 373 g/mol. The second kappa shape index (κ2) is 7.23. The van der Waals surface area contributed by atoms with Gasteiger partial charge in [-0.1, -0.05) is 11.6 Å². The Morgan fingerprint density at radius 3 is 2.71 bits per heavy atom. The van der Waals surface area contributed by atoms with Gasteiger partial charge in [-0.25, -0.2) is 4.98 Å². The predicted molar refractivity (Wildman–Crippen MR) is 86.5 cm³/mol. The Morgan fingerprint density at radius 2 is 2.00 bits per heavy atom. The van der Waals surface area contributed by atoms with Crippen LogP contribution in [0.2, 0.25) is 5.02 Å². The molecular formula is C15H11ClF2N2O3S. The third-order valence-corrected chi connectivity index (χ3v) is 4.14. The Morgan fingerprint density at radius 1 is 1.29 bits per heavy atom. The number of halogens is 3. The van der Waals surface area contributed by atoms with Crippen molar-refractivity contribution in [1.82, 2.24) is 4.98 Å². The first-order chi connectivity index (χ1) is 11.5. The number of anilines is 1. The number of alkyl halides is 2. The standard InChI is InChI=1S/C15H11ClF2N2O3S/c16-9-6-11-12(23-5-4-22-11)7-10(9)20-13(21)8-2-1-3-19-14(8)24-15(17)18/h1-3,6-7,15H,4-5H2,(H,20,21). The zero-order chi connectivity index (χ0) is 17.1. The molecule has 0 atom stereocenters. The second-order valence-electron chi connectivity index (χ2n) is 4.66. The molecule has 1 aliphatic heterocycles. The van der Waals surface area contributed by atoms with Crippen LogP contribution < -0.4 is 14.8 Å². The average Bonchev–Trinajstić information content (AvgIpc) is 2.55. The molecule has 1 aromatic heterocycles. The van der Waals surface area contributed by atoms with Crippen LogP contribution in [0.5, 0.6) is 11.5 Å². The van der Waals surface area contributed by atoms with Gasteiger partial charge in [0.05, 0.1) is 16.3 Å². The van der Waals surface area contributed by atoms with Crippen molar-refractivity contribution in [2.75, 3.05) is 18.5 Å². The lowest BCUT2D eigenvalue weighted by Gasteiger charge is -2.20. The summed E-state index contributed by atoms with van der Waals surface area (Å²) >= 11 is 6.33. The van der Waals surface area contributed by atoms with Gasteiger partial charge in [-0.15, -0.1) is 0 Å². The van der Waals surface area contributed by atoms with E-state index >= 15 is 0 Å². The Kier molecular flexibility index (Phi) is 5.06. The van der Waals surface area contributed by atoms with Crippen LogP contribution in [0.15, 0.2) is 35.5 Å². The molecule has 0 radical (unpaired) electrons. The minimum atomic E-state index is -2.68. The van der Waals surface area contributed by atoms with Gasteiger partial charge in [-0.2, -0.15) is 8.78 Å². The summed E-state index contributed by atoms with van der Waals surface area (Å²) in [6.45, 7) is 0.804. The quantitative estimate of drug-likeness (QED) is 0.820. The van der Waals surface area contributed by atoms with Crippen molar-refractivity contribution in [1.29, 1.82) is 0 Å². The molecule has 126 valence electrons. The molecule has 5 nitrogen and oxygen atoms in total. The molecule has 0 fully saturated rings. The Balaban J connectivity index is 1.85. The molecule has 2 heterocycles. The normalized spacial score (nSPS) is 13.0. The first kappa shape index (κ1) is 16.8. The first-order valence-corrected chi connectivity index (χ1v) is 8.10. The third-order valence-electron chi connectivity index (χ3n) is 3.10. The van der Waals surface area contributed by atoms with E-state index < -0.39 is 11.7 Å². The van der Waals surface area contributed by atoms with Gasteiger partial charge >= 0.3 is 0 Å². The minimum Gasteiger partial charge on any atom is -0.486 e. The summed E-state index contributed by atoms with van der Waals surface area (Å²) in [5, 5.41) is 2.78. The predicted octanol–water partition coefficient (Wildman–Crippen LogP) is 4.07. The van der Waals surface area contributed by atoms with Crippen LogP contribution >= 0.6 is 23.4 Å². The molecule has 1 aromatic carbocycles. The molecule has 0 aliphatic carbocycles. The van der Waals surface area contributed by atoms with Gasteiger partial charge in [0.25, 0.3) is 11.7 Å². The van der Waals surface area contributed by atoms with E-state index in [1.165, 1.54) is 30.5 Å². The van der Waals surface area contributed by atoms with Crippen LogP contribution in [-0.4, -0.2) is 29.9 Å². The number of amides is 1. The van der Waals surface area contributed by atoms with E-state index in [2.05, 4.69) is 10.3 Å². The number of benzene rings is 1. The molecule has 0 saturated heterocycles. The minimum absolute atomic E-state index is 0.0359. The van der Waals surface area contributed by atoms with E-state index in [4.69, 9.17) is 21.1 Å². The number of pyridine rings is 1. The Labute approximate surface area is 145 Å².